The predicted octanol–water partition coefficient (Wildman–Crippen LogP) is 3.46. The molecule has 146 valence electrons. The minimum Gasteiger partial charge on any atom is -0.495 e. The van der Waals surface area contributed by atoms with E-state index < -0.39 is 10.0 Å². The van der Waals surface area contributed by atoms with E-state index in [0.717, 1.165) is 6.42 Å². The number of hydrogen-bond donors (Lipinski definition) is 1. The summed E-state index contributed by atoms with van der Waals surface area (Å²) < 4.78 is 41.1. The molecule has 0 spiro atoms. The molecule has 0 aliphatic carbocycles. The molecule has 7 nitrogen and oxygen atoms in total. The Bertz CT molecular complexity index is 916. The molecule has 0 heterocycles. The molecule has 0 unspecified atom stereocenters. The minimum absolute atomic E-state index is 0.109. The maximum atomic E-state index is 12.5. The van der Waals surface area contributed by atoms with Crippen molar-refractivity contribution in [3.05, 3.63) is 47.0 Å². The summed E-state index contributed by atoms with van der Waals surface area (Å²) in [5.74, 6) is 1.19. The highest BCUT2D eigenvalue weighted by Gasteiger charge is 2.19. The highest BCUT2D eigenvalue weighted by molar-refractivity contribution is 7.89. The van der Waals surface area contributed by atoms with Crippen molar-refractivity contribution in [3.8, 4) is 17.2 Å². The fourth-order valence-corrected chi connectivity index (χ4v) is 3.45. The molecule has 0 amide bonds. The molecular formula is C18H21ClN2O5S. The Hall–Kier alpha value is -2.45. The van der Waals surface area contributed by atoms with Gasteiger partial charge in [0.2, 0.25) is 0 Å². The lowest BCUT2D eigenvalue weighted by Gasteiger charge is -2.12. The summed E-state index contributed by atoms with van der Waals surface area (Å²) >= 11 is 5.90. The number of methoxy groups -OCH3 is 2. The van der Waals surface area contributed by atoms with Gasteiger partial charge in [0.1, 0.15) is 10.6 Å². The highest BCUT2D eigenvalue weighted by Crippen LogP contribution is 2.30. The lowest BCUT2D eigenvalue weighted by molar-refractivity contribution is 0.294. The summed E-state index contributed by atoms with van der Waals surface area (Å²) in [6.07, 6.45) is 2.16. The van der Waals surface area contributed by atoms with Crippen LogP contribution in [0.1, 0.15) is 18.9 Å². The number of benzene rings is 2. The smallest absolute Gasteiger partial charge is 0.280 e. The van der Waals surface area contributed by atoms with Gasteiger partial charge in [-0.1, -0.05) is 24.6 Å². The molecule has 0 saturated heterocycles. The van der Waals surface area contributed by atoms with Crippen LogP contribution in [0.5, 0.6) is 17.2 Å². The van der Waals surface area contributed by atoms with E-state index in [0.29, 0.717) is 23.7 Å². The number of halogens is 1. The average molecular weight is 413 g/mol. The molecule has 0 atom stereocenters. The van der Waals surface area contributed by atoms with E-state index in [1.54, 1.807) is 18.2 Å². The van der Waals surface area contributed by atoms with Crippen LogP contribution in [-0.4, -0.2) is 35.5 Å². The van der Waals surface area contributed by atoms with Gasteiger partial charge in [-0.3, -0.25) is 0 Å². The van der Waals surface area contributed by atoms with Gasteiger partial charge in [-0.25, -0.2) is 0 Å². The number of nitrogens with one attached hydrogen (secondary N) is 1. The number of hydrogen-bond acceptors (Lipinski definition) is 6. The number of hydrazone groups is 1. The van der Waals surface area contributed by atoms with Crippen molar-refractivity contribution in [2.24, 2.45) is 5.10 Å². The lowest BCUT2D eigenvalue weighted by atomic mass is 10.2. The van der Waals surface area contributed by atoms with Gasteiger partial charge in [-0.15, -0.1) is 0 Å². The Morgan fingerprint density at radius 2 is 1.89 bits per heavy atom. The Morgan fingerprint density at radius 3 is 2.56 bits per heavy atom. The SMILES string of the molecule is CCCOc1c(/C=N/NS(=O)(=O)c2cc(Cl)ccc2OC)cccc1OC. The Morgan fingerprint density at radius 1 is 1.15 bits per heavy atom. The number of para-hydroxylation sites is 1. The van der Waals surface area contributed by atoms with Crippen molar-refractivity contribution >= 4 is 27.8 Å². The van der Waals surface area contributed by atoms with E-state index in [2.05, 4.69) is 9.93 Å². The molecule has 2 aromatic carbocycles. The van der Waals surface area contributed by atoms with Gasteiger partial charge in [0, 0.05) is 10.6 Å². The Kier molecular flexibility index (Phi) is 7.32. The second-order valence-corrected chi connectivity index (χ2v) is 7.44. The van der Waals surface area contributed by atoms with Crippen molar-refractivity contribution in [3.63, 3.8) is 0 Å². The first-order chi connectivity index (χ1) is 12.9. The molecule has 1 N–H and O–H groups in total. The van der Waals surface area contributed by atoms with Gasteiger partial charge < -0.3 is 14.2 Å². The van der Waals surface area contributed by atoms with Gasteiger partial charge in [0.05, 0.1) is 27.0 Å². The summed E-state index contributed by atoms with van der Waals surface area (Å²) in [6, 6.07) is 9.55. The van der Waals surface area contributed by atoms with Crippen LogP contribution in [0, 0.1) is 0 Å². The quantitative estimate of drug-likeness (QED) is 0.503. The first-order valence-corrected chi connectivity index (χ1v) is 9.97. The Labute approximate surface area is 163 Å². The molecule has 0 radical (unpaired) electrons. The average Bonchev–Trinajstić information content (AvgIpc) is 2.66. The van der Waals surface area contributed by atoms with Gasteiger partial charge in [-0.2, -0.15) is 18.4 Å². The standard InChI is InChI=1S/C18H21ClN2O5S/c1-4-10-26-18-13(6-5-7-16(18)25-3)12-20-21-27(22,23)17-11-14(19)8-9-15(17)24-2/h5-9,11-12,21H,4,10H2,1-3H3/b20-12+. The van der Waals surface area contributed by atoms with E-state index >= 15 is 0 Å². The van der Waals surface area contributed by atoms with Crippen LogP contribution in [-0.2, 0) is 10.0 Å². The molecule has 2 rings (SSSR count). The van der Waals surface area contributed by atoms with Gasteiger partial charge in [-0.05, 0) is 36.8 Å². The third kappa shape index (κ3) is 5.27. The van der Waals surface area contributed by atoms with Crippen molar-refractivity contribution < 1.29 is 22.6 Å². The third-order valence-corrected chi connectivity index (χ3v) is 4.95. The number of sulfonamides is 1. The van der Waals surface area contributed by atoms with Gasteiger partial charge in [0.15, 0.2) is 11.5 Å². The van der Waals surface area contributed by atoms with Crippen LogP contribution in [0.15, 0.2) is 46.4 Å². The van der Waals surface area contributed by atoms with Gasteiger partial charge >= 0.3 is 0 Å². The molecule has 0 saturated carbocycles. The largest absolute Gasteiger partial charge is 0.495 e. The molecule has 0 fully saturated rings. The lowest BCUT2D eigenvalue weighted by Crippen LogP contribution is -2.19. The van der Waals surface area contributed by atoms with Crippen LogP contribution >= 0.6 is 11.6 Å². The summed E-state index contributed by atoms with van der Waals surface area (Å²) in [4.78, 5) is 2.04. The summed E-state index contributed by atoms with van der Waals surface area (Å²) in [5, 5.41) is 4.11. The monoisotopic (exact) mass is 412 g/mol. The zero-order valence-electron chi connectivity index (χ0n) is 15.2. The number of rotatable bonds is 9. The van der Waals surface area contributed by atoms with Crippen LogP contribution in [0.4, 0.5) is 0 Å². The molecule has 0 bridgehead atoms. The maximum absolute atomic E-state index is 12.5. The van der Waals surface area contributed by atoms with Gasteiger partial charge in [0.25, 0.3) is 10.0 Å². The van der Waals surface area contributed by atoms with E-state index in [-0.39, 0.29) is 15.7 Å². The van der Waals surface area contributed by atoms with Crippen molar-refractivity contribution in [1.29, 1.82) is 0 Å². The van der Waals surface area contributed by atoms with Crippen molar-refractivity contribution in [1.82, 2.24) is 4.83 Å². The van der Waals surface area contributed by atoms with E-state index in [9.17, 15) is 8.42 Å². The normalized spacial score (nSPS) is 11.4. The highest BCUT2D eigenvalue weighted by atomic mass is 35.5. The topological polar surface area (TPSA) is 86.2 Å². The molecule has 0 aliphatic heterocycles. The molecule has 9 heteroatoms. The fourth-order valence-electron chi connectivity index (χ4n) is 2.23. The molecule has 0 aliphatic rings. The van der Waals surface area contributed by atoms with E-state index in [1.807, 2.05) is 6.92 Å². The fraction of sp³-hybridized carbons (Fsp3) is 0.278. The van der Waals surface area contributed by atoms with Crippen LogP contribution in [0.3, 0.4) is 0 Å². The zero-order chi connectivity index (χ0) is 19.9. The zero-order valence-corrected chi connectivity index (χ0v) is 16.8. The molecule has 27 heavy (non-hydrogen) atoms. The Balaban J connectivity index is 2.28. The summed E-state index contributed by atoms with van der Waals surface area (Å²) in [7, 11) is -1.07. The minimum atomic E-state index is -3.97. The van der Waals surface area contributed by atoms with Crippen molar-refractivity contribution in [2.45, 2.75) is 18.2 Å². The predicted molar refractivity (Wildman–Crippen MR) is 105 cm³/mol. The maximum Gasteiger partial charge on any atom is 0.280 e. The second-order valence-electron chi connectivity index (χ2n) is 5.38. The summed E-state index contributed by atoms with van der Waals surface area (Å²) in [6.45, 7) is 2.47. The van der Waals surface area contributed by atoms with Crippen LogP contribution in [0.25, 0.3) is 0 Å². The van der Waals surface area contributed by atoms with E-state index in [1.165, 1.54) is 38.6 Å². The second kappa shape index (κ2) is 9.48. The first kappa shape index (κ1) is 20.9. The van der Waals surface area contributed by atoms with Crippen LogP contribution in [0.2, 0.25) is 5.02 Å². The molecule has 0 aromatic heterocycles. The van der Waals surface area contributed by atoms with Crippen LogP contribution < -0.4 is 19.0 Å². The molecular weight excluding hydrogens is 392 g/mol. The van der Waals surface area contributed by atoms with E-state index in [4.69, 9.17) is 25.8 Å². The summed E-state index contributed by atoms with van der Waals surface area (Å²) in [5.41, 5.74) is 0.573. The molecule has 2 aromatic rings. The number of ether oxygens (including phenoxy) is 3. The third-order valence-electron chi connectivity index (χ3n) is 3.47. The van der Waals surface area contributed by atoms with Crippen molar-refractivity contribution in [2.75, 3.05) is 20.8 Å². The first-order valence-electron chi connectivity index (χ1n) is 8.11. The number of nitrogens with zero attached hydrogens (tertiary/aromatic N) is 1.